The maximum Gasteiger partial charge on any atom is 0.138 e. The average Bonchev–Trinajstić information content (AvgIpc) is 2.99. The van der Waals surface area contributed by atoms with E-state index in [1.54, 1.807) is 6.33 Å². The lowest BCUT2D eigenvalue weighted by atomic mass is 9.79. The highest BCUT2D eigenvalue weighted by Gasteiger charge is 2.40. The summed E-state index contributed by atoms with van der Waals surface area (Å²) in [6.45, 7) is 5.35. The maximum atomic E-state index is 9.91. The number of ether oxygens (including phenoxy) is 1. The smallest absolute Gasteiger partial charge is 0.138 e. The lowest BCUT2D eigenvalue weighted by Gasteiger charge is -2.41. The van der Waals surface area contributed by atoms with Crippen LogP contribution in [0.4, 0.5) is 0 Å². The van der Waals surface area contributed by atoms with Gasteiger partial charge in [0.1, 0.15) is 12.2 Å². The predicted molar refractivity (Wildman–Crippen MR) is 69.8 cm³/mol. The molecule has 19 heavy (non-hydrogen) atoms. The Morgan fingerprint density at radius 2 is 2.11 bits per heavy atom. The molecule has 106 valence electrons. The van der Waals surface area contributed by atoms with Crippen molar-refractivity contribution in [2.45, 2.75) is 37.3 Å². The number of likely N-dealkylation sites (tertiary alicyclic amines) is 1. The van der Waals surface area contributed by atoms with Crippen LogP contribution >= 0.6 is 0 Å². The molecule has 3 rings (SSSR count). The van der Waals surface area contributed by atoms with Crippen LogP contribution in [0.5, 0.6) is 0 Å². The molecule has 3 heterocycles. The molecule has 2 aliphatic heterocycles. The van der Waals surface area contributed by atoms with Crippen LogP contribution in [0.1, 0.15) is 25.6 Å². The number of piperidine rings is 1. The van der Waals surface area contributed by atoms with Gasteiger partial charge in [-0.25, -0.2) is 0 Å². The van der Waals surface area contributed by atoms with Crippen LogP contribution in [0, 0.1) is 0 Å². The van der Waals surface area contributed by atoms with Crippen LogP contribution in [0.3, 0.4) is 0 Å². The summed E-state index contributed by atoms with van der Waals surface area (Å²) in [6.07, 6.45) is 3.52. The van der Waals surface area contributed by atoms with Crippen molar-refractivity contribution in [3.63, 3.8) is 0 Å². The van der Waals surface area contributed by atoms with Gasteiger partial charge in [-0.3, -0.25) is 4.90 Å². The molecule has 0 spiro atoms. The van der Waals surface area contributed by atoms with Crippen molar-refractivity contribution in [1.82, 2.24) is 19.7 Å². The molecule has 1 aromatic rings. The molecule has 6 nitrogen and oxygen atoms in total. The van der Waals surface area contributed by atoms with E-state index in [2.05, 4.69) is 22.0 Å². The van der Waals surface area contributed by atoms with Crippen molar-refractivity contribution in [3.8, 4) is 0 Å². The summed E-state index contributed by atoms with van der Waals surface area (Å²) in [5, 5.41) is 18.2. The van der Waals surface area contributed by atoms with E-state index in [-0.39, 0.29) is 17.6 Å². The Labute approximate surface area is 113 Å². The predicted octanol–water partition coefficient (Wildman–Crippen LogP) is -0.0717. The molecule has 2 atom stereocenters. The zero-order chi connectivity index (χ0) is 13.5. The zero-order valence-corrected chi connectivity index (χ0v) is 11.6. The van der Waals surface area contributed by atoms with E-state index >= 15 is 0 Å². The van der Waals surface area contributed by atoms with Crippen molar-refractivity contribution < 1.29 is 9.84 Å². The number of aromatic nitrogens is 3. The van der Waals surface area contributed by atoms with E-state index in [0.717, 1.165) is 31.8 Å². The Hall–Kier alpha value is -0.980. The first-order valence-corrected chi connectivity index (χ1v) is 6.94. The van der Waals surface area contributed by atoms with E-state index < -0.39 is 0 Å². The van der Waals surface area contributed by atoms with Gasteiger partial charge in [0.05, 0.1) is 25.4 Å². The molecule has 0 unspecified atom stereocenters. The Kier molecular flexibility index (Phi) is 3.32. The highest BCUT2D eigenvalue weighted by atomic mass is 16.5. The molecule has 6 heteroatoms. The standard InChI is InChI=1S/C13H22N4O2/c1-13(12-15-14-9-16(12)2)3-5-17(6-4-13)10-7-19-8-11(10)18/h9-11,18H,3-8H2,1-2H3/t10-,11-/m0/s1. The molecule has 1 N–H and O–H groups in total. The van der Waals surface area contributed by atoms with Crippen molar-refractivity contribution in [2.75, 3.05) is 26.3 Å². The first-order valence-electron chi connectivity index (χ1n) is 6.94. The first-order chi connectivity index (χ1) is 9.10. The summed E-state index contributed by atoms with van der Waals surface area (Å²) < 4.78 is 7.36. The largest absolute Gasteiger partial charge is 0.389 e. The fraction of sp³-hybridized carbons (Fsp3) is 0.846. The average molecular weight is 266 g/mol. The number of aryl methyl sites for hydroxylation is 1. The van der Waals surface area contributed by atoms with Crippen molar-refractivity contribution in [3.05, 3.63) is 12.2 Å². The van der Waals surface area contributed by atoms with Crippen LogP contribution in [0.25, 0.3) is 0 Å². The van der Waals surface area contributed by atoms with E-state index in [1.165, 1.54) is 0 Å². The monoisotopic (exact) mass is 266 g/mol. The van der Waals surface area contributed by atoms with E-state index in [1.807, 2.05) is 11.6 Å². The minimum absolute atomic E-state index is 0.0894. The van der Waals surface area contributed by atoms with Crippen molar-refractivity contribution in [2.24, 2.45) is 7.05 Å². The van der Waals surface area contributed by atoms with Gasteiger partial charge in [-0.05, 0) is 25.9 Å². The quantitative estimate of drug-likeness (QED) is 0.812. The highest BCUT2D eigenvalue weighted by Crippen LogP contribution is 2.34. The Morgan fingerprint density at radius 1 is 1.37 bits per heavy atom. The molecule has 0 aromatic carbocycles. The summed E-state index contributed by atoms with van der Waals surface area (Å²) >= 11 is 0. The molecule has 0 saturated carbocycles. The minimum Gasteiger partial charge on any atom is -0.389 e. The number of nitrogens with zero attached hydrogens (tertiary/aromatic N) is 4. The number of aliphatic hydroxyl groups excluding tert-OH is 1. The second-order valence-corrected chi connectivity index (χ2v) is 6.03. The lowest BCUT2D eigenvalue weighted by molar-refractivity contribution is 0.0522. The molecule has 0 bridgehead atoms. The van der Waals surface area contributed by atoms with Gasteiger partial charge in [-0.1, -0.05) is 6.92 Å². The van der Waals surface area contributed by atoms with E-state index in [0.29, 0.717) is 13.2 Å². The normalized spacial score (nSPS) is 31.7. The minimum atomic E-state index is -0.334. The van der Waals surface area contributed by atoms with Gasteiger partial charge < -0.3 is 14.4 Å². The Bertz CT molecular complexity index is 440. The van der Waals surface area contributed by atoms with Gasteiger partial charge in [0.25, 0.3) is 0 Å². The Morgan fingerprint density at radius 3 is 2.63 bits per heavy atom. The fourth-order valence-electron chi connectivity index (χ4n) is 3.28. The van der Waals surface area contributed by atoms with Gasteiger partial charge in [-0.2, -0.15) is 0 Å². The van der Waals surface area contributed by atoms with Crippen LogP contribution in [-0.2, 0) is 17.2 Å². The van der Waals surface area contributed by atoms with Crippen LogP contribution in [-0.4, -0.2) is 63.2 Å². The first kappa shape index (κ1) is 13.0. The van der Waals surface area contributed by atoms with Gasteiger partial charge in [0.15, 0.2) is 0 Å². The number of hydrogen-bond acceptors (Lipinski definition) is 5. The number of hydrogen-bond donors (Lipinski definition) is 1. The highest BCUT2D eigenvalue weighted by molar-refractivity contribution is 5.08. The van der Waals surface area contributed by atoms with Crippen LogP contribution in [0.15, 0.2) is 6.33 Å². The molecule has 0 aliphatic carbocycles. The van der Waals surface area contributed by atoms with Crippen molar-refractivity contribution >= 4 is 0 Å². The molecule has 2 saturated heterocycles. The summed E-state index contributed by atoms with van der Waals surface area (Å²) in [5.74, 6) is 1.07. The van der Waals surface area contributed by atoms with Gasteiger partial charge in [-0.15, -0.1) is 10.2 Å². The molecule has 0 amide bonds. The van der Waals surface area contributed by atoms with Crippen LogP contribution in [0.2, 0.25) is 0 Å². The van der Waals surface area contributed by atoms with Gasteiger partial charge >= 0.3 is 0 Å². The summed E-state index contributed by atoms with van der Waals surface area (Å²) in [5.41, 5.74) is 0.0894. The lowest BCUT2D eigenvalue weighted by Crippen LogP contribution is -2.50. The molecular formula is C13H22N4O2. The van der Waals surface area contributed by atoms with Crippen molar-refractivity contribution in [1.29, 1.82) is 0 Å². The third kappa shape index (κ3) is 2.28. The van der Waals surface area contributed by atoms with E-state index in [4.69, 9.17) is 4.74 Å². The maximum absolute atomic E-state index is 9.91. The van der Waals surface area contributed by atoms with Gasteiger partial charge in [0.2, 0.25) is 0 Å². The van der Waals surface area contributed by atoms with Crippen LogP contribution < -0.4 is 0 Å². The Balaban J connectivity index is 1.67. The number of aliphatic hydroxyl groups is 1. The summed E-state index contributed by atoms with van der Waals surface area (Å²) in [6, 6.07) is 0.170. The second kappa shape index (κ2) is 4.85. The molecule has 0 radical (unpaired) electrons. The van der Waals surface area contributed by atoms with Gasteiger partial charge in [0, 0.05) is 12.5 Å². The van der Waals surface area contributed by atoms with E-state index in [9.17, 15) is 5.11 Å². The SMILES string of the molecule is Cn1cnnc1C1(C)CCN([C@H]2COC[C@@H]2O)CC1. The zero-order valence-electron chi connectivity index (χ0n) is 11.6. The molecule has 2 aliphatic rings. The third-order valence-electron chi connectivity index (χ3n) is 4.64. The summed E-state index contributed by atoms with van der Waals surface area (Å²) in [7, 11) is 2.00. The molecule has 2 fully saturated rings. The summed E-state index contributed by atoms with van der Waals surface area (Å²) in [4.78, 5) is 2.36. The topological polar surface area (TPSA) is 63.4 Å². The second-order valence-electron chi connectivity index (χ2n) is 6.03. The number of rotatable bonds is 2. The third-order valence-corrected chi connectivity index (χ3v) is 4.64. The molecular weight excluding hydrogens is 244 g/mol. The molecule has 1 aromatic heterocycles. The fourth-order valence-corrected chi connectivity index (χ4v) is 3.28.